The molecule has 1 aromatic carbocycles. The van der Waals surface area contributed by atoms with Crippen LogP contribution in [0.1, 0.15) is 23.7 Å². The van der Waals surface area contributed by atoms with Gasteiger partial charge in [0.1, 0.15) is 0 Å². The van der Waals surface area contributed by atoms with Crippen LogP contribution in [0.2, 0.25) is 0 Å². The molecule has 90 valence electrons. The van der Waals surface area contributed by atoms with Gasteiger partial charge >= 0.3 is 0 Å². The van der Waals surface area contributed by atoms with Gasteiger partial charge in [0.15, 0.2) is 0 Å². The Labute approximate surface area is 99.9 Å². The summed E-state index contributed by atoms with van der Waals surface area (Å²) < 4.78 is 0. The van der Waals surface area contributed by atoms with Gasteiger partial charge in [-0.25, -0.2) is 0 Å². The number of hydrogen-bond acceptors (Lipinski definition) is 4. The summed E-state index contributed by atoms with van der Waals surface area (Å²) in [5, 5.41) is 21.3. The normalized spacial score (nSPS) is 11.8. The van der Waals surface area contributed by atoms with Crippen molar-refractivity contribution in [1.82, 2.24) is 5.32 Å². The summed E-state index contributed by atoms with van der Waals surface area (Å²) in [6.07, 6.45) is -0.123. The third kappa shape index (κ3) is 4.64. The first-order valence-electron chi connectivity index (χ1n) is 5.30. The Morgan fingerprint density at radius 3 is 2.65 bits per heavy atom. The van der Waals surface area contributed by atoms with Gasteiger partial charge in [-0.15, -0.1) is 0 Å². The Balaban J connectivity index is 2.39. The van der Waals surface area contributed by atoms with E-state index in [1.54, 1.807) is 24.3 Å². The van der Waals surface area contributed by atoms with Crippen molar-refractivity contribution in [3.05, 3.63) is 35.4 Å². The van der Waals surface area contributed by atoms with Crippen molar-refractivity contribution in [1.29, 1.82) is 5.26 Å². The smallest absolute Gasteiger partial charge is 0.231 e. The lowest BCUT2D eigenvalue weighted by Gasteiger charge is -2.11. The van der Waals surface area contributed by atoms with Gasteiger partial charge in [0, 0.05) is 0 Å². The zero-order chi connectivity index (χ0) is 12.7. The number of primary amides is 1. The summed E-state index contributed by atoms with van der Waals surface area (Å²) in [4.78, 5) is 10.5. The van der Waals surface area contributed by atoms with Gasteiger partial charge < -0.3 is 16.2 Å². The lowest BCUT2D eigenvalue weighted by atomic mass is 10.1. The van der Waals surface area contributed by atoms with E-state index in [2.05, 4.69) is 5.32 Å². The zero-order valence-electron chi connectivity index (χ0n) is 9.39. The van der Waals surface area contributed by atoms with Crippen molar-refractivity contribution in [2.45, 2.75) is 12.5 Å². The predicted molar refractivity (Wildman–Crippen MR) is 62.8 cm³/mol. The molecule has 0 aliphatic heterocycles. The van der Waals surface area contributed by atoms with Crippen LogP contribution in [-0.2, 0) is 4.79 Å². The standard InChI is InChI=1S/C12H15N3O2/c13-7-9-1-3-10(4-2-9)11(16)5-6-15-8-12(14)17/h1-4,11,15-16H,5-6,8H2,(H2,14,17). The minimum absolute atomic E-state index is 0.111. The van der Waals surface area contributed by atoms with Crippen LogP contribution in [0.4, 0.5) is 0 Å². The van der Waals surface area contributed by atoms with Gasteiger partial charge in [-0.1, -0.05) is 12.1 Å². The molecule has 4 N–H and O–H groups in total. The van der Waals surface area contributed by atoms with E-state index in [0.717, 1.165) is 5.56 Å². The van der Waals surface area contributed by atoms with E-state index < -0.39 is 12.0 Å². The fourth-order valence-corrected chi connectivity index (χ4v) is 1.40. The SMILES string of the molecule is N#Cc1ccc(C(O)CCNCC(N)=O)cc1. The summed E-state index contributed by atoms with van der Waals surface area (Å²) in [7, 11) is 0. The van der Waals surface area contributed by atoms with E-state index in [1.165, 1.54) is 0 Å². The number of nitriles is 1. The first-order chi connectivity index (χ1) is 8.13. The molecule has 0 heterocycles. The van der Waals surface area contributed by atoms with Crippen molar-refractivity contribution in [2.75, 3.05) is 13.1 Å². The summed E-state index contributed by atoms with van der Waals surface area (Å²) in [6.45, 7) is 0.615. The average Bonchev–Trinajstić information content (AvgIpc) is 2.34. The van der Waals surface area contributed by atoms with Crippen LogP contribution in [-0.4, -0.2) is 24.1 Å². The number of benzene rings is 1. The number of aliphatic hydroxyl groups is 1. The molecule has 1 unspecified atom stereocenters. The molecule has 0 spiro atoms. The first kappa shape index (κ1) is 13.2. The quantitative estimate of drug-likeness (QED) is 0.605. The molecular formula is C12H15N3O2. The molecule has 1 amide bonds. The molecule has 0 saturated carbocycles. The predicted octanol–water partition coefficient (Wildman–Crippen LogP) is 0.0567. The zero-order valence-corrected chi connectivity index (χ0v) is 9.39. The number of aliphatic hydroxyl groups excluding tert-OH is 1. The lowest BCUT2D eigenvalue weighted by Crippen LogP contribution is -2.29. The maximum atomic E-state index is 10.5. The number of amides is 1. The topological polar surface area (TPSA) is 99.1 Å². The highest BCUT2D eigenvalue weighted by Gasteiger charge is 2.07. The summed E-state index contributed by atoms with van der Waals surface area (Å²) in [5.74, 6) is -0.419. The summed E-state index contributed by atoms with van der Waals surface area (Å²) >= 11 is 0. The number of hydrogen-bond donors (Lipinski definition) is 3. The average molecular weight is 233 g/mol. The van der Waals surface area contributed by atoms with E-state index in [1.807, 2.05) is 6.07 Å². The first-order valence-corrected chi connectivity index (χ1v) is 5.30. The molecule has 5 nitrogen and oxygen atoms in total. The van der Waals surface area contributed by atoms with Crippen molar-refractivity contribution in [3.63, 3.8) is 0 Å². The van der Waals surface area contributed by atoms with Gasteiger partial charge in [0.25, 0.3) is 0 Å². The fourth-order valence-electron chi connectivity index (χ4n) is 1.40. The van der Waals surface area contributed by atoms with Gasteiger partial charge in [-0.05, 0) is 30.7 Å². The van der Waals surface area contributed by atoms with Crippen LogP contribution >= 0.6 is 0 Å². The van der Waals surface area contributed by atoms with E-state index in [0.29, 0.717) is 18.5 Å². The lowest BCUT2D eigenvalue weighted by molar-refractivity contribution is -0.117. The number of rotatable bonds is 6. The molecule has 17 heavy (non-hydrogen) atoms. The van der Waals surface area contributed by atoms with Crippen LogP contribution in [0.3, 0.4) is 0 Å². The molecule has 0 aliphatic carbocycles. The molecule has 0 radical (unpaired) electrons. The van der Waals surface area contributed by atoms with E-state index in [-0.39, 0.29) is 6.54 Å². The molecule has 1 aromatic rings. The monoisotopic (exact) mass is 233 g/mol. The molecule has 0 aliphatic rings. The van der Waals surface area contributed by atoms with Gasteiger partial charge in [0.2, 0.25) is 5.91 Å². The van der Waals surface area contributed by atoms with Crippen LogP contribution in [0.5, 0.6) is 0 Å². The molecule has 1 atom stereocenters. The van der Waals surface area contributed by atoms with Gasteiger partial charge in [0.05, 0.1) is 24.3 Å². The van der Waals surface area contributed by atoms with Crippen molar-refractivity contribution in [2.24, 2.45) is 5.73 Å². The van der Waals surface area contributed by atoms with Crippen molar-refractivity contribution >= 4 is 5.91 Å². The molecule has 0 saturated heterocycles. The van der Waals surface area contributed by atoms with Crippen molar-refractivity contribution < 1.29 is 9.90 Å². The largest absolute Gasteiger partial charge is 0.388 e. The Hall–Kier alpha value is -1.90. The number of carbonyl (C=O) groups is 1. The van der Waals surface area contributed by atoms with Crippen LogP contribution in [0.15, 0.2) is 24.3 Å². The maximum absolute atomic E-state index is 10.5. The Morgan fingerprint density at radius 2 is 2.12 bits per heavy atom. The molecule has 0 aromatic heterocycles. The number of carbonyl (C=O) groups excluding carboxylic acids is 1. The fraction of sp³-hybridized carbons (Fsp3) is 0.333. The number of nitrogens with zero attached hydrogens (tertiary/aromatic N) is 1. The second kappa shape index (κ2) is 6.63. The van der Waals surface area contributed by atoms with Crippen molar-refractivity contribution in [3.8, 4) is 6.07 Å². The van der Waals surface area contributed by atoms with Crippen LogP contribution in [0.25, 0.3) is 0 Å². The van der Waals surface area contributed by atoms with Gasteiger partial charge in [-0.2, -0.15) is 5.26 Å². The van der Waals surface area contributed by atoms with E-state index in [4.69, 9.17) is 11.0 Å². The number of nitrogens with two attached hydrogens (primary N) is 1. The van der Waals surface area contributed by atoms with E-state index in [9.17, 15) is 9.90 Å². The second-order valence-corrected chi connectivity index (χ2v) is 3.68. The highest BCUT2D eigenvalue weighted by atomic mass is 16.3. The minimum Gasteiger partial charge on any atom is -0.388 e. The molecule has 0 bridgehead atoms. The van der Waals surface area contributed by atoms with Gasteiger partial charge in [-0.3, -0.25) is 4.79 Å². The highest BCUT2D eigenvalue weighted by Crippen LogP contribution is 2.16. The van der Waals surface area contributed by atoms with Crippen LogP contribution in [0, 0.1) is 11.3 Å². The summed E-state index contributed by atoms with van der Waals surface area (Å²) in [5.41, 5.74) is 6.28. The maximum Gasteiger partial charge on any atom is 0.231 e. The number of nitrogens with one attached hydrogen (secondary N) is 1. The molecule has 1 rings (SSSR count). The summed E-state index contributed by atoms with van der Waals surface area (Å²) in [6, 6.07) is 8.78. The Bertz CT molecular complexity index is 409. The Kier molecular flexibility index (Phi) is 5.14. The molecular weight excluding hydrogens is 218 g/mol. The Morgan fingerprint density at radius 1 is 1.47 bits per heavy atom. The van der Waals surface area contributed by atoms with Crippen LogP contribution < -0.4 is 11.1 Å². The highest BCUT2D eigenvalue weighted by molar-refractivity contribution is 5.75. The molecule has 5 heteroatoms. The third-order valence-corrected chi connectivity index (χ3v) is 2.32. The van der Waals surface area contributed by atoms with E-state index >= 15 is 0 Å². The minimum atomic E-state index is -0.608. The molecule has 0 fully saturated rings. The second-order valence-electron chi connectivity index (χ2n) is 3.68. The third-order valence-electron chi connectivity index (χ3n) is 2.32.